The summed E-state index contributed by atoms with van der Waals surface area (Å²) in [5.41, 5.74) is 10.9. The zero-order chi connectivity index (χ0) is 12.1. The molecule has 0 spiro atoms. The SMILES string of the molecule is NC=CC(COCC(C=CN)C1CC1)C1CC1. The van der Waals surface area contributed by atoms with Crippen molar-refractivity contribution in [3.8, 4) is 0 Å². The Morgan fingerprint density at radius 2 is 1.29 bits per heavy atom. The van der Waals surface area contributed by atoms with Crippen molar-refractivity contribution in [1.82, 2.24) is 0 Å². The van der Waals surface area contributed by atoms with Gasteiger partial charge in [0.25, 0.3) is 0 Å². The lowest BCUT2D eigenvalue weighted by Gasteiger charge is -2.16. The Bertz CT molecular complexity index is 252. The van der Waals surface area contributed by atoms with Gasteiger partial charge in [0.15, 0.2) is 0 Å². The van der Waals surface area contributed by atoms with E-state index in [1.54, 1.807) is 12.4 Å². The number of ether oxygens (including phenoxy) is 1. The smallest absolute Gasteiger partial charge is 0.0532 e. The van der Waals surface area contributed by atoms with E-state index in [1.165, 1.54) is 25.7 Å². The predicted octanol–water partition coefficient (Wildman–Crippen LogP) is 2.00. The quantitative estimate of drug-likeness (QED) is 0.677. The molecule has 2 fully saturated rings. The standard InChI is InChI=1S/C14H24N2O/c15-7-5-13(11-1-2-11)9-17-10-14(6-8-16)12-3-4-12/h5-8,11-14H,1-4,9-10,15-16H2. The number of rotatable bonds is 8. The largest absolute Gasteiger partial charge is 0.405 e. The van der Waals surface area contributed by atoms with E-state index in [1.807, 2.05) is 0 Å². The van der Waals surface area contributed by atoms with Crippen LogP contribution in [0.2, 0.25) is 0 Å². The van der Waals surface area contributed by atoms with Gasteiger partial charge < -0.3 is 16.2 Å². The third kappa shape index (κ3) is 4.08. The molecule has 0 bridgehead atoms. The van der Waals surface area contributed by atoms with Crippen LogP contribution in [0.5, 0.6) is 0 Å². The molecular weight excluding hydrogens is 212 g/mol. The van der Waals surface area contributed by atoms with E-state index >= 15 is 0 Å². The lowest BCUT2D eigenvalue weighted by Crippen LogP contribution is -2.16. The normalized spacial score (nSPS) is 24.5. The van der Waals surface area contributed by atoms with Crippen molar-refractivity contribution >= 4 is 0 Å². The molecule has 2 saturated carbocycles. The van der Waals surface area contributed by atoms with Crippen molar-refractivity contribution in [2.24, 2.45) is 35.1 Å². The minimum absolute atomic E-state index is 0.515. The molecule has 2 aliphatic carbocycles. The van der Waals surface area contributed by atoms with E-state index in [0.29, 0.717) is 11.8 Å². The Morgan fingerprint density at radius 1 is 0.882 bits per heavy atom. The maximum Gasteiger partial charge on any atom is 0.0532 e. The van der Waals surface area contributed by atoms with Crippen molar-refractivity contribution in [1.29, 1.82) is 0 Å². The fourth-order valence-corrected chi connectivity index (χ4v) is 2.37. The van der Waals surface area contributed by atoms with Gasteiger partial charge in [0.05, 0.1) is 13.2 Å². The third-order valence-corrected chi connectivity index (χ3v) is 3.79. The van der Waals surface area contributed by atoms with E-state index in [2.05, 4.69) is 12.2 Å². The fraction of sp³-hybridized carbons (Fsp3) is 0.714. The summed E-state index contributed by atoms with van der Waals surface area (Å²) in [7, 11) is 0. The lowest BCUT2D eigenvalue weighted by molar-refractivity contribution is 0.0829. The fourth-order valence-electron chi connectivity index (χ4n) is 2.37. The zero-order valence-electron chi connectivity index (χ0n) is 10.4. The molecule has 0 amide bonds. The summed E-state index contributed by atoms with van der Waals surface area (Å²) >= 11 is 0. The first-order chi connectivity index (χ1) is 8.35. The van der Waals surface area contributed by atoms with Gasteiger partial charge in [0, 0.05) is 11.8 Å². The molecule has 2 unspecified atom stereocenters. The first-order valence-electron chi connectivity index (χ1n) is 6.69. The van der Waals surface area contributed by atoms with E-state index < -0.39 is 0 Å². The van der Waals surface area contributed by atoms with Crippen molar-refractivity contribution in [2.45, 2.75) is 25.7 Å². The van der Waals surface area contributed by atoms with Crippen LogP contribution in [0.15, 0.2) is 24.6 Å². The van der Waals surface area contributed by atoms with Crippen LogP contribution in [0, 0.1) is 23.7 Å². The van der Waals surface area contributed by atoms with Crippen LogP contribution in [0.4, 0.5) is 0 Å². The van der Waals surface area contributed by atoms with E-state index in [9.17, 15) is 0 Å². The highest BCUT2D eigenvalue weighted by Crippen LogP contribution is 2.39. The Balaban J connectivity index is 1.69. The Kier molecular flexibility index (Phi) is 4.49. The number of hydrogen-bond acceptors (Lipinski definition) is 3. The minimum Gasteiger partial charge on any atom is -0.405 e. The molecule has 2 rings (SSSR count). The van der Waals surface area contributed by atoms with Crippen LogP contribution in [0.1, 0.15) is 25.7 Å². The molecule has 0 heterocycles. The second kappa shape index (κ2) is 6.10. The first kappa shape index (κ1) is 12.5. The maximum absolute atomic E-state index is 5.85. The molecule has 2 aliphatic rings. The molecule has 0 aliphatic heterocycles. The van der Waals surface area contributed by atoms with Gasteiger partial charge in [-0.3, -0.25) is 0 Å². The molecule has 2 atom stereocenters. The maximum atomic E-state index is 5.85. The monoisotopic (exact) mass is 236 g/mol. The second-order valence-electron chi connectivity index (χ2n) is 5.31. The second-order valence-corrected chi connectivity index (χ2v) is 5.31. The molecule has 17 heavy (non-hydrogen) atoms. The predicted molar refractivity (Wildman–Crippen MR) is 69.9 cm³/mol. The van der Waals surface area contributed by atoms with Gasteiger partial charge in [-0.2, -0.15) is 0 Å². The average molecular weight is 236 g/mol. The van der Waals surface area contributed by atoms with Gasteiger partial charge in [-0.15, -0.1) is 0 Å². The van der Waals surface area contributed by atoms with Crippen molar-refractivity contribution in [3.05, 3.63) is 24.6 Å². The van der Waals surface area contributed by atoms with E-state index in [0.717, 1.165) is 25.0 Å². The summed E-state index contributed by atoms with van der Waals surface area (Å²) in [6, 6.07) is 0. The zero-order valence-corrected chi connectivity index (χ0v) is 10.4. The molecule has 0 saturated heterocycles. The molecule has 4 N–H and O–H groups in total. The molecule has 0 aromatic rings. The summed E-state index contributed by atoms with van der Waals surface area (Å²) in [5, 5.41) is 0. The summed E-state index contributed by atoms with van der Waals surface area (Å²) < 4.78 is 5.85. The van der Waals surface area contributed by atoms with Crippen LogP contribution >= 0.6 is 0 Å². The van der Waals surface area contributed by atoms with Gasteiger partial charge in [0.2, 0.25) is 0 Å². The first-order valence-corrected chi connectivity index (χ1v) is 6.69. The average Bonchev–Trinajstić information content (AvgIpc) is 3.19. The van der Waals surface area contributed by atoms with Crippen LogP contribution in [-0.4, -0.2) is 13.2 Å². The van der Waals surface area contributed by atoms with Gasteiger partial charge in [0.1, 0.15) is 0 Å². The highest BCUT2D eigenvalue weighted by Gasteiger charge is 2.31. The molecule has 0 radical (unpaired) electrons. The van der Waals surface area contributed by atoms with Gasteiger partial charge >= 0.3 is 0 Å². The summed E-state index contributed by atoms with van der Waals surface area (Å²) in [6.07, 6.45) is 12.8. The summed E-state index contributed by atoms with van der Waals surface area (Å²) in [5.74, 6) is 2.64. The highest BCUT2D eigenvalue weighted by molar-refractivity contribution is 4.96. The molecule has 0 aromatic carbocycles. The van der Waals surface area contributed by atoms with Gasteiger partial charge in [-0.05, 0) is 49.9 Å². The van der Waals surface area contributed by atoms with Crippen LogP contribution in [-0.2, 0) is 4.74 Å². The highest BCUT2D eigenvalue weighted by atomic mass is 16.5. The Labute approximate surface area is 104 Å². The Hall–Kier alpha value is -0.960. The summed E-state index contributed by atoms with van der Waals surface area (Å²) in [6.45, 7) is 1.61. The molecular formula is C14H24N2O. The number of nitrogens with two attached hydrogens (primary N) is 2. The lowest BCUT2D eigenvalue weighted by atomic mass is 10.0. The summed E-state index contributed by atoms with van der Waals surface area (Å²) in [4.78, 5) is 0. The number of hydrogen-bond donors (Lipinski definition) is 2. The van der Waals surface area contributed by atoms with Gasteiger partial charge in [-0.1, -0.05) is 12.2 Å². The van der Waals surface area contributed by atoms with Crippen molar-refractivity contribution in [3.63, 3.8) is 0 Å². The van der Waals surface area contributed by atoms with Gasteiger partial charge in [-0.25, -0.2) is 0 Å². The Morgan fingerprint density at radius 3 is 1.59 bits per heavy atom. The molecule has 3 nitrogen and oxygen atoms in total. The van der Waals surface area contributed by atoms with Crippen LogP contribution in [0.25, 0.3) is 0 Å². The van der Waals surface area contributed by atoms with Crippen molar-refractivity contribution < 1.29 is 4.74 Å². The molecule has 3 heteroatoms. The minimum atomic E-state index is 0.515. The van der Waals surface area contributed by atoms with Crippen LogP contribution < -0.4 is 11.5 Å². The topological polar surface area (TPSA) is 61.3 Å². The van der Waals surface area contributed by atoms with E-state index in [4.69, 9.17) is 16.2 Å². The van der Waals surface area contributed by atoms with Crippen molar-refractivity contribution in [2.75, 3.05) is 13.2 Å². The third-order valence-electron chi connectivity index (χ3n) is 3.79. The molecule has 0 aromatic heterocycles. The molecule has 96 valence electrons. The van der Waals surface area contributed by atoms with Crippen LogP contribution in [0.3, 0.4) is 0 Å². The van der Waals surface area contributed by atoms with E-state index in [-0.39, 0.29) is 0 Å².